The van der Waals surface area contributed by atoms with Crippen LogP contribution in [0, 0.1) is 12.8 Å². The predicted molar refractivity (Wildman–Crippen MR) is 101 cm³/mol. The van der Waals surface area contributed by atoms with Gasteiger partial charge in [0.05, 0.1) is 6.61 Å². The van der Waals surface area contributed by atoms with Crippen LogP contribution in [0.2, 0.25) is 0 Å². The first-order valence-corrected chi connectivity index (χ1v) is 9.28. The lowest BCUT2D eigenvalue weighted by Gasteiger charge is -2.33. The van der Waals surface area contributed by atoms with Crippen LogP contribution in [0.5, 0.6) is 5.75 Å². The average molecular weight is 323 g/mol. The molecule has 24 heavy (non-hydrogen) atoms. The van der Waals surface area contributed by atoms with Gasteiger partial charge in [-0.25, -0.2) is 0 Å². The fraction of sp³-hybridized carbons (Fsp3) is 0.455. The summed E-state index contributed by atoms with van der Waals surface area (Å²) in [6.45, 7) is 6.08. The molecule has 2 aromatic carbocycles. The monoisotopic (exact) mass is 323 g/mol. The summed E-state index contributed by atoms with van der Waals surface area (Å²) in [5.74, 6) is 1.75. The second-order valence-electron chi connectivity index (χ2n) is 6.83. The van der Waals surface area contributed by atoms with E-state index in [2.05, 4.69) is 67.7 Å². The molecule has 1 heterocycles. The van der Waals surface area contributed by atoms with E-state index in [1.807, 2.05) is 0 Å². The second kappa shape index (κ2) is 8.34. The van der Waals surface area contributed by atoms with E-state index in [4.69, 9.17) is 4.74 Å². The van der Waals surface area contributed by atoms with E-state index in [1.165, 1.54) is 36.0 Å². The molecule has 1 N–H and O–H groups in total. The molecule has 128 valence electrons. The summed E-state index contributed by atoms with van der Waals surface area (Å²) < 4.78 is 5.83. The van der Waals surface area contributed by atoms with Gasteiger partial charge in [-0.2, -0.15) is 0 Å². The molecule has 1 saturated heterocycles. The summed E-state index contributed by atoms with van der Waals surface area (Å²) in [4.78, 5) is 0. The topological polar surface area (TPSA) is 21.3 Å². The molecule has 1 aliphatic heterocycles. The highest BCUT2D eigenvalue weighted by Crippen LogP contribution is 2.33. The van der Waals surface area contributed by atoms with Gasteiger partial charge < -0.3 is 10.1 Å². The average Bonchev–Trinajstić information content (AvgIpc) is 2.63. The van der Waals surface area contributed by atoms with Gasteiger partial charge >= 0.3 is 0 Å². The number of ether oxygens (including phenoxy) is 1. The summed E-state index contributed by atoms with van der Waals surface area (Å²) in [6, 6.07) is 18.0. The van der Waals surface area contributed by atoms with E-state index in [0.29, 0.717) is 12.0 Å². The Labute approximate surface area is 146 Å². The van der Waals surface area contributed by atoms with Crippen molar-refractivity contribution in [1.29, 1.82) is 0 Å². The van der Waals surface area contributed by atoms with Crippen molar-refractivity contribution in [1.82, 2.24) is 5.32 Å². The number of benzene rings is 2. The maximum absolute atomic E-state index is 5.83. The normalized spacial score (nSPS) is 20.8. The van der Waals surface area contributed by atoms with Gasteiger partial charge in [-0.15, -0.1) is 0 Å². The number of hydrogen-bond donors (Lipinski definition) is 1. The molecule has 1 aliphatic rings. The highest BCUT2D eigenvalue weighted by molar-refractivity contribution is 5.37. The van der Waals surface area contributed by atoms with Crippen LogP contribution in [0.25, 0.3) is 0 Å². The van der Waals surface area contributed by atoms with Crippen molar-refractivity contribution < 1.29 is 4.74 Å². The van der Waals surface area contributed by atoms with Crippen LogP contribution in [0.4, 0.5) is 0 Å². The number of rotatable bonds is 6. The Morgan fingerprint density at radius 3 is 2.75 bits per heavy atom. The lowest BCUT2D eigenvalue weighted by atomic mass is 9.82. The molecule has 0 aliphatic carbocycles. The first-order valence-electron chi connectivity index (χ1n) is 9.28. The van der Waals surface area contributed by atoms with Crippen molar-refractivity contribution >= 4 is 0 Å². The van der Waals surface area contributed by atoms with Crippen LogP contribution in [-0.4, -0.2) is 13.2 Å². The maximum atomic E-state index is 5.83. The van der Waals surface area contributed by atoms with Crippen molar-refractivity contribution in [3.05, 3.63) is 65.2 Å². The molecule has 0 saturated carbocycles. The molecule has 0 bridgehead atoms. The lowest BCUT2D eigenvalue weighted by Crippen LogP contribution is -2.34. The lowest BCUT2D eigenvalue weighted by molar-refractivity contribution is 0.267. The molecule has 2 nitrogen and oxygen atoms in total. The minimum absolute atomic E-state index is 0.486. The van der Waals surface area contributed by atoms with Gasteiger partial charge in [-0.3, -0.25) is 0 Å². The van der Waals surface area contributed by atoms with Crippen LogP contribution in [0.1, 0.15) is 48.9 Å². The van der Waals surface area contributed by atoms with Gasteiger partial charge in [-0.1, -0.05) is 48.0 Å². The summed E-state index contributed by atoms with van der Waals surface area (Å²) >= 11 is 0. The van der Waals surface area contributed by atoms with Gasteiger partial charge in [-0.05, 0) is 69.2 Å². The Hall–Kier alpha value is -1.80. The summed E-state index contributed by atoms with van der Waals surface area (Å²) in [6.07, 6.45) is 4.88. The largest absolute Gasteiger partial charge is 0.494 e. The van der Waals surface area contributed by atoms with Gasteiger partial charge in [0.15, 0.2) is 0 Å². The minimum atomic E-state index is 0.486. The molecular weight excluding hydrogens is 294 g/mol. The van der Waals surface area contributed by atoms with Crippen LogP contribution in [0.15, 0.2) is 48.5 Å². The van der Waals surface area contributed by atoms with Crippen LogP contribution in [0.3, 0.4) is 0 Å². The van der Waals surface area contributed by atoms with E-state index in [9.17, 15) is 0 Å². The third-order valence-corrected chi connectivity index (χ3v) is 5.05. The highest BCUT2D eigenvalue weighted by Gasteiger charge is 2.25. The van der Waals surface area contributed by atoms with Crippen molar-refractivity contribution in [2.75, 3.05) is 13.2 Å². The first kappa shape index (κ1) is 17.0. The molecule has 3 rings (SSSR count). The van der Waals surface area contributed by atoms with E-state index >= 15 is 0 Å². The van der Waals surface area contributed by atoms with E-state index in [0.717, 1.165) is 25.3 Å². The van der Waals surface area contributed by atoms with Gasteiger partial charge in [0.2, 0.25) is 0 Å². The third-order valence-electron chi connectivity index (χ3n) is 5.05. The van der Waals surface area contributed by atoms with Crippen molar-refractivity contribution in [2.45, 2.75) is 45.6 Å². The molecule has 0 unspecified atom stereocenters. The smallest absolute Gasteiger partial charge is 0.122 e. The predicted octanol–water partition coefficient (Wildman–Crippen LogP) is 5.07. The zero-order chi connectivity index (χ0) is 16.8. The van der Waals surface area contributed by atoms with E-state index < -0.39 is 0 Å². The Kier molecular flexibility index (Phi) is 5.92. The number of aryl methyl sites for hydroxylation is 2. The van der Waals surface area contributed by atoms with Gasteiger partial charge in [0, 0.05) is 6.04 Å². The highest BCUT2D eigenvalue weighted by atomic mass is 16.5. The molecule has 2 aromatic rings. The Bertz CT molecular complexity index is 638. The fourth-order valence-electron chi connectivity index (χ4n) is 3.86. The minimum Gasteiger partial charge on any atom is -0.494 e. The maximum Gasteiger partial charge on any atom is 0.122 e. The van der Waals surface area contributed by atoms with Crippen LogP contribution < -0.4 is 10.1 Å². The van der Waals surface area contributed by atoms with Crippen LogP contribution >= 0.6 is 0 Å². The van der Waals surface area contributed by atoms with E-state index in [-0.39, 0.29) is 0 Å². The first-order chi connectivity index (χ1) is 11.8. The van der Waals surface area contributed by atoms with Crippen molar-refractivity contribution in [2.24, 2.45) is 5.92 Å². The molecule has 0 aromatic heterocycles. The van der Waals surface area contributed by atoms with Gasteiger partial charge in [0.25, 0.3) is 0 Å². The zero-order valence-corrected chi connectivity index (χ0v) is 14.9. The molecule has 0 spiro atoms. The zero-order valence-electron chi connectivity index (χ0n) is 14.9. The standard InChI is InChI=1S/C22H29NO/c1-3-24-21-14-11-17(2)16-20(21)13-12-19-10-7-15-23-22(19)18-8-5-4-6-9-18/h4-6,8-9,11,14,16,19,22-23H,3,7,10,12-13,15H2,1-2H3/t19-,22+/m1/s1. The molecule has 0 radical (unpaired) electrons. The second-order valence-corrected chi connectivity index (χ2v) is 6.83. The fourth-order valence-corrected chi connectivity index (χ4v) is 3.86. The Morgan fingerprint density at radius 1 is 1.12 bits per heavy atom. The number of hydrogen-bond acceptors (Lipinski definition) is 2. The van der Waals surface area contributed by atoms with Crippen LogP contribution in [-0.2, 0) is 6.42 Å². The molecule has 2 heteroatoms. The number of nitrogens with one attached hydrogen (secondary N) is 1. The van der Waals surface area contributed by atoms with Crippen molar-refractivity contribution in [3.8, 4) is 5.75 Å². The van der Waals surface area contributed by atoms with Gasteiger partial charge in [0.1, 0.15) is 5.75 Å². The molecule has 2 atom stereocenters. The molecule has 0 amide bonds. The van der Waals surface area contributed by atoms with E-state index in [1.54, 1.807) is 0 Å². The Balaban J connectivity index is 1.71. The number of piperidine rings is 1. The summed E-state index contributed by atoms with van der Waals surface area (Å²) in [5.41, 5.74) is 4.10. The SMILES string of the molecule is CCOc1ccc(C)cc1CC[C@H]1CCCN[C@H]1c1ccccc1. The Morgan fingerprint density at radius 2 is 1.96 bits per heavy atom. The van der Waals surface area contributed by atoms with Crippen molar-refractivity contribution in [3.63, 3.8) is 0 Å². The molecular formula is C22H29NO. The summed E-state index contributed by atoms with van der Waals surface area (Å²) in [7, 11) is 0. The summed E-state index contributed by atoms with van der Waals surface area (Å²) in [5, 5.41) is 3.74. The third kappa shape index (κ3) is 4.18. The quantitative estimate of drug-likeness (QED) is 0.801. The molecule has 1 fully saturated rings.